The molecule has 1 aliphatic carbocycles. The predicted octanol–water partition coefficient (Wildman–Crippen LogP) is 10.2. The second-order valence-corrected chi connectivity index (χ2v) is 13.7. The van der Waals surface area contributed by atoms with Gasteiger partial charge in [0.2, 0.25) is 0 Å². The van der Waals surface area contributed by atoms with Gasteiger partial charge in [-0.05, 0) is 97.2 Å². The van der Waals surface area contributed by atoms with E-state index in [-0.39, 0.29) is 11.3 Å². The second-order valence-electron chi connectivity index (χ2n) is 11.7. The molecule has 0 fully saturated rings. The lowest BCUT2D eigenvalue weighted by atomic mass is 9.72. The molecule has 224 valence electrons. The summed E-state index contributed by atoms with van der Waals surface area (Å²) < 4.78 is 12.0. The molecule has 0 saturated heterocycles. The van der Waals surface area contributed by atoms with Crippen LogP contribution in [0.5, 0.6) is 11.5 Å². The van der Waals surface area contributed by atoms with Gasteiger partial charge in [-0.2, -0.15) is 0 Å². The average molecular weight is 636 g/mol. The van der Waals surface area contributed by atoms with E-state index in [1.165, 1.54) is 4.88 Å². The van der Waals surface area contributed by atoms with E-state index in [1.807, 2.05) is 61.5 Å². The molecule has 5 nitrogen and oxygen atoms in total. The van der Waals surface area contributed by atoms with Gasteiger partial charge in [0.05, 0.1) is 12.2 Å². The van der Waals surface area contributed by atoms with Gasteiger partial charge in [-0.15, -0.1) is 11.3 Å². The number of hydrogen-bond acceptors (Lipinski definition) is 5. The number of fused-ring (bicyclic) bond motifs is 1. The topological polar surface area (TPSA) is 59.9 Å². The van der Waals surface area contributed by atoms with Gasteiger partial charge in [0, 0.05) is 32.4 Å². The number of hydrogen-bond donors (Lipinski definition) is 1. The quantitative estimate of drug-likeness (QED) is 0.186. The van der Waals surface area contributed by atoms with Crippen molar-refractivity contribution in [3.63, 3.8) is 0 Å². The van der Waals surface area contributed by atoms with Gasteiger partial charge < -0.3 is 14.8 Å². The van der Waals surface area contributed by atoms with Crippen LogP contribution in [0.3, 0.4) is 0 Å². The summed E-state index contributed by atoms with van der Waals surface area (Å²) in [5.41, 5.74) is 4.41. The Kier molecular flexibility index (Phi) is 9.80. The van der Waals surface area contributed by atoms with E-state index in [0.717, 1.165) is 36.0 Å². The van der Waals surface area contributed by atoms with E-state index >= 15 is 0 Å². The van der Waals surface area contributed by atoms with Crippen LogP contribution in [0, 0.1) is 11.3 Å². The Labute approximate surface area is 267 Å². The fourth-order valence-electron chi connectivity index (χ4n) is 5.26. The lowest BCUT2D eigenvalue weighted by Crippen LogP contribution is -2.27. The van der Waals surface area contributed by atoms with Crippen LogP contribution in [0.2, 0.25) is 10.0 Å². The standard InChI is InChI=1S/C35H36Cl2N2O3S/c1-5-41-30-18-22(10-17-29(30)42-21-23-8-6-7-9-28(23)37)20-38-34-32(33(40)39-26-14-12-25(36)13-15-26)27-16-11-24(35(2,3)4)19-31(27)43-34/h6-10,12-15,17-18,20,24H,5,11,16,19,21H2,1-4H3,(H,39,40)/t24-/m1/s1. The molecule has 1 aliphatic rings. The van der Waals surface area contributed by atoms with Crippen LogP contribution < -0.4 is 14.8 Å². The van der Waals surface area contributed by atoms with Crippen LogP contribution in [-0.4, -0.2) is 18.7 Å². The van der Waals surface area contributed by atoms with Crippen molar-refractivity contribution in [1.82, 2.24) is 0 Å². The number of rotatable bonds is 9. The highest BCUT2D eigenvalue weighted by atomic mass is 35.5. The van der Waals surface area contributed by atoms with Crippen molar-refractivity contribution in [3.8, 4) is 11.5 Å². The average Bonchev–Trinajstić information content (AvgIpc) is 3.35. The van der Waals surface area contributed by atoms with Crippen molar-refractivity contribution in [1.29, 1.82) is 0 Å². The number of nitrogens with one attached hydrogen (secondary N) is 1. The smallest absolute Gasteiger partial charge is 0.259 e. The number of thiophene rings is 1. The van der Waals surface area contributed by atoms with Crippen molar-refractivity contribution < 1.29 is 14.3 Å². The summed E-state index contributed by atoms with van der Waals surface area (Å²) in [5, 5.41) is 5.05. The SMILES string of the molecule is CCOc1cc(C=Nc2sc3c(c2C(=O)Nc2ccc(Cl)cc2)CC[C@@H](C(C)(C)C)C3)ccc1OCc1ccccc1Cl. The molecule has 1 aromatic heterocycles. The monoisotopic (exact) mass is 634 g/mol. The Hall–Kier alpha value is -3.32. The minimum absolute atomic E-state index is 0.153. The highest BCUT2D eigenvalue weighted by Crippen LogP contribution is 2.45. The number of carbonyl (C=O) groups excluding carboxylic acids is 1. The summed E-state index contributed by atoms with van der Waals surface area (Å²) in [7, 11) is 0. The molecule has 0 radical (unpaired) electrons. The van der Waals surface area contributed by atoms with Gasteiger partial charge >= 0.3 is 0 Å². The number of amides is 1. The van der Waals surface area contributed by atoms with Crippen LogP contribution >= 0.6 is 34.5 Å². The predicted molar refractivity (Wildman–Crippen MR) is 179 cm³/mol. The molecular formula is C35H36Cl2N2O3S. The fourth-order valence-corrected chi connectivity index (χ4v) is 6.84. The number of ether oxygens (including phenoxy) is 2. The highest BCUT2D eigenvalue weighted by molar-refractivity contribution is 7.16. The summed E-state index contributed by atoms with van der Waals surface area (Å²) in [6, 6.07) is 20.5. The number of aliphatic imine (C=N–C) groups is 1. The molecule has 1 heterocycles. The first-order valence-electron chi connectivity index (χ1n) is 14.5. The fraction of sp³-hybridized carbons (Fsp3) is 0.314. The van der Waals surface area contributed by atoms with Crippen LogP contribution in [-0.2, 0) is 19.4 Å². The minimum atomic E-state index is -0.153. The summed E-state index contributed by atoms with van der Waals surface area (Å²) in [6.45, 7) is 9.63. The number of benzene rings is 3. The Morgan fingerprint density at radius 2 is 1.81 bits per heavy atom. The second kappa shape index (κ2) is 13.5. The van der Waals surface area contributed by atoms with Gasteiger partial charge in [-0.1, -0.05) is 62.2 Å². The third-order valence-corrected chi connectivity index (χ3v) is 9.52. The molecule has 5 rings (SSSR count). The Balaban J connectivity index is 1.43. The maximum atomic E-state index is 13.7. The number of nitrogens with zero attached hydrogens (tertiary/aromatic N) is 1. The molecule has 8 heteroatoms. The molecule has 3 aromatic carbocycles. The van der Waals surface area contributed by atoms with Crippen molar-refractivity contribution in [2.45, 2.75) is 53.6 Å². The Bertz CT molecular complexity index is 1620. The maximum absolute atomic E-state index is 13.7. The van der Waals surface area contributed by atoms with Crippen molar-refractivity contribution in [3.05, 3.63) is 104 Å². The highest BCUT2D eigenvalue weighted by Gasteiger charge is 2.33. The molecule has 0 bridgehead atoms. The molecule has 1 amide bonds. The normalized spacial score (nSPS) is 14.9. The maximum Gasteiger partial charge on any atom is 0.259 e. The minimum Gasteiger partial charge on any atom is -0.490 e. The van der Waals surface area contributed by atoms with E-state index in [9.17, 15) is 4.79 Å². The first kappa shape index (κ1) is 31.1. The Morgan fingerprint density at radius 1 is 1.05 bits per heavy atom. The molecular weight excluding hydrogens is 599 g/mol. The molecule has 0 saturated carbocycles. The Morgan fingerprint density at radius 3 is 2.53 bits per heavy atom. The molecule has 1 atom stereocenters. The first-order chi connectivity index (χ1) is 20.6. The third-order valence-electron chi connectivity index (χ3n) is 7.74. The summed E-state index contributed by atoms with van der Waals surface area (Å²) >= 11 is 14.0. The lowest BCUT2D eigenvalue weighted by Gasteiger charge is -2.33. The summed E-state index contributed by atoms with van der Waals surface area (Å²) in [4.78, 5) is 19.8. The van der Waals surface area contributed by atoms with Crippen LogP contribution in [0.15, 0.2) is 71.7 Å². The van der Waals surface area contributed by atoms with Gasteiger partial charge in [0.15, 0.2) is 11.5 Å². The van der Waals surface area contributed by atoms with Gasteiger partial charge in [0.1, 0.15) is 11.6 Å². The molecule has 0 aliphatic heterocycles. The molecule has 0 spiro atoms. The van der Waals surface area contributed by atoms with Crippen molar-refractivity contribution in [2.24, 2.45) is 16.3 Å². The number of carbonyl (C=O) groups is 1. The van der Waals surface area contributed by atoms with E-state index in [1.54, 1.807) is 29.7 Å². The molecule has 0 unspecified atom stereocenters. The third kappa shape index (κ3) is 7.61. The van der Waals surface area contributed by atoms with Crippen LogP contribution in [0.1, 0.15) is 66.0 Å². The van der Waals surface area contributed by atoms with Crippen LogP contribution in [0.4, 0.5) is 10.7 Å². The molecule has 43 heavy (non-hydrogen) atoms. The van der Waals surface area contributed by atoms with Crippen molar-refractivity contribution >= 4 is 57.3 Å². The van der Waals surface area contributed by atoms with Gasteiger partial charge in [-0.3, -0.25) is 4.79 Å². The van der Waals surface area contributed by atoms with E-state index in [2.05, 4.69) is 26.1 Å². The largest absolute Gasteiger partial charge is 0.490 e. The lowest BCUT2D eigenvalue weighted by molar-refractivity contribution is 0.102. The summed E-state index contributed by atoms with van der Waals surface area (Å²) in [6.07, 6.45) is 4.65. The first-order valence-corrected chi connectivity index (χ1v) is 16.1. The van der Waals surface area contributed by atoms with E-state index < -0.39 is 0 Å². The van der Waals surface area contributed by atoms with Crippen LogP contribution in [0.25, 0.3) is 0 Å². The zero-order chi connectivity index (χ0) is 30.6. The van der Waals surface area contributed by atoms with Crippen molar-refractivity contribution in [2.75, 3.05) is 11.9 Å². The zero-order valence-electron chi connectivity index (χ0n) is 24.9. The van der Waals surface area contributed by atoms with E-state index in [4.69, 9.17) is 37.7 Å². The number of anilines is 1. The van der Waals surface area contributed by atoms with Gasteiger partial charge in [0.25, 0.3) is 5.91 Å². The molecule has 1 N–H and O–H groups in total. The summed E-state index contributed by atoms with van der Waals surface area (Å²) in [5.74, 6) is 1.65. The van der Waals surface area contributed by atoms with E-state index in [0.29, 0.717) is 56.9 Å². The van der Waals surface area contributed by atoms with Gasteiger partial charge in [-0.25, -0.2) is 4.99 Å². The zero-order valence-corrected chi connectivity index (χ0v) is 27.2. The number of halogens is 2. The molecule has 4 aromatic rings.